The first-order valence-corrected chi connectivity index (χ1v) is 19.8. The van der Waals surface area contributed by atoms with Crippen molar-refractivity contribution in [2.45, 2.75) is 31.6 Å². The molecule has 1 atom stereocenters. The number of carbonyl (C=O) groups is 2. The molecule has 5 aromatic heterocycles. The number of nitrogens with zero attached hydrogens (tertiary/aromatic N) is 5. The number of halogens is 1. The molecule has 0 aliphatic carbocycles. The number of imidazole rings is 2. The van der Waals surface area contributed by atoms with Crippen LogP contribution in [0.5, 0.6) is 0 Å². The van der Waals surface area contributed by atoms with Crippen LogP contribution in [0.25, 0.3) is 9.92 Å². The highest BCUT2D eigenvalue weighted by Crippen LogP contribution is 2.72. The van der Waals surface area contributed by atoms with Crippen LogP contribution >= 0.6 is 65.1 Å². The monoisotopic (exact) mass is 820 g/mol. The Balaban J connectivity index is 0.000000233. The molecular formula is C23H31BrN6O12P2S3. The van der Waals surface area contributed by atoms with E-state index < -0.39 is 38.2 Å². The van der Waals surface area contributed by atoms with Gasteiger partial charge in [-0.25, -0.2) is 15.0 Å². The van der Waals surface area contributed by atoms with Crippen molar-refractivity contribution in [3.05, 3.63) is 58.5 Å². The highest BCUT2D eigenvalue weighted by Gasteiger charge is 2.62. The van der Waals surface area contributed by atoms with Crippen molar-refractivity contribution in [3.63, 3.8) is 0 Å². The predicted octanol–water partition coefficient (Wildman–Crippen LogP) is 2.91. The second-order valence-electron chi connectivity index (χ2n) is 8.53. The van der Waals surface area contributed by atoms with Crippen molar-refractivity contribution in [1.29, 1.82) is 0 Å². The maximum absolute atomic E-state index is 11.2. The van der Waals surface area contributed by atoms with Crippen molar-refractivity contribution in [3.8, 4) is 0 Å². The van der Waals surface area contributed by atoms with Gasteiger partial charge in [-0.05, 0) is 13.8 Å². The summed E-state index contributed by atoms with van der Waals surface area (Å²) in [7, 11) is -11.1. The van der Waals surface area contributed by atoms with E-state index in [1.54, 1.807) is 24.7 Å². The van der Waals surface area contributed by atoms with Crippen molar-refractivity contribution in [2.24, 2.45) is 0 Å². The zero-order valence-electron chi connectivity index (χ0n) is 24.5. The molecule has 0 bridgehead atoms. The van der Waals surface area contributed by atoms with E-state index in [1.807, 2.05) is 28.3 Å². The normalized spacial score (nSPS) is 12.3. The van der Waals surface area contributed by atoms with Crippen LogP contribution in [-0.4, -0.2) is 83.8 Å². The first-order chi connectivity index (χ1) is 22.0. The maximum Gasteiger partial charge on any atom is 0.375 e. The number of anilines is 1. The molecule has 0 fully saturated rings. The van der Waals surface area contributed by atoms with E-state index in [1.165, 1.54) is 33.3 Å². The number of carbonyl (C=O) groups excluding carboxylic acids is 2. The molecule has 8 N–H and O–H groups in total. The van der Waals surface area contributed by atoms with Crippen LogP contribution in [0.4, 0.5) is 5.13 Å². The van der Waals surface area contributed by atoms with E-state index in [4.69, 9.17) is 30.0 Å². The largest absolute Gasteiger partial charge is 0.466 e. The molecule has 0 radical (unpaired) electrons. The van der Waals surface area contributed by atoms with E-state index in [-0.39, 0.29) is 22.5 Å². The first-order valence-electron chi connectivity index (χ1n) is 12.8. The number of nitrogens with two attached hydrogens (primary N) is 1. The number of fused-ring (bicyclic) bond motifs is 2. The number of aliphatic hydroxyl groups excluding tert-OH is 1. The average Bonchev–Trinajstić information content (AvgIpc) is 3.80. The molecule has 1 unspecified atom stereocenters. The molecule has 0 saturated carbocycles. The summed E-state index contributed by atoms with van der Waals surface area (Å²) in [6, 6.07) is 0. The quantitative estimate of drug-likeness (QED) is 0.0351. The van der Waals surface area contributed by atoms with Crippen LogP contribution in [0, 0.1) is 0 Å². The van der Waals surface area contributed by atoms with Crippen LogP contribution < -0.4 is 5.73 Å². The van der Waals surface area contributed by atoms with Crippen LogP contribution in [0.2, 0.25) is 0 Å². The number of esters is 1. The molecule has 18 nitrogen and oxygen atoms in total. The summed E-state index contributed by atoms with van der Waals surface area (Å²) in [5, 5.41) is 21.8. The van der Waals surface area contributed by atoms with Gasteiger partial charge in [0, 0.05) is 53.7 Å². The average molecular weight is 822 g/mol. The van der Waals surface area contributed by atoms with Gasteiger partial charge in [-0.15, -0.1) is 34.0 Å². The first kappa shape index (κ1) is 40.7. The molecule has 0 aliphatic heterocycles. The number of hydrogen-bond donors (Lipinski definition) is 7. The highest BCUT2D eigenvalue weighted by atomic mass is 79.9. The fourth-order valence-electron chi connectivity index (χ4n) is 3.12. The third kappa shape index (κ3) is 11.6. The number of hydrogen-bond acceptors (Lipinski definition) is 15. The van der Waals surface area contributed by atoms with Gasteiger partial charge in [0.1, 0.15) is 17.8 Å². The number of ether oxygens (including phenoxy) is 2. The van der Waals surface area contributed by atoms with Gasteiger partial charge in [0.2, 0.25) is 0 Å². The Morgan fingerprint density at radius 2 is 1.55 bits per heavy atom. The standard InChI is InChI=1S/C8H10N2O2S.C6H9BrO3.C6H8N2O7P2S.C3H4N2S/c1-2-12-7(11)6-5-10-3-4-13-8(10)9-6;1-2-10-6(9)3-5(8)4-7;9-6(16(10,11)12,17(13,14)15)4-3-8-1-2-18-5(8)7-4;4-3-5-1-2-6-3/h3-5,7,11H,2H2,1H3;2-4H2,1H3;1-3,9H,(H2,10,11,12)(H2,13,14,15);1-2H,(H2,4,5). The molecule has 0 spiro atoms. The second kappa shape index (κ2) is 18.4. The second-order valence-corrected chi connectivity index (χ2v) is 15.6. The summed E-state index contributed by atoms with van der Waals surface area (Å²) in [5.41, 5.74) is 4.98. The minimum absolute atomic E-state index is 0.126. The van der Waals surface area contributed by atoms with Crippen LogP contribution in [0.3, 0.4) is 0 Å². The van der Waals surface area contributed by atoms with Gasteiger partial charge in [-0.2, -0.15) is 0 Å². The maximum atomic E-state index is 11.2. The van der Waals surface area contributed by atoms with Gasteiger partial charge in [0.25, 0.3) is 0 Å². The van der Waals surface area contributed by atoms with Crippen molar-refractivity contribution >= 4 is 91.9 Å². The fraction of sp³-hybridized carbons (Fsp3) is 0.348. The summed E-state index contributed by atoms with van der Waals surface area (Å²) < 4.78 is 35.1. The number of rotatable bonds is 10. The lowest BCUT2D eigenvalue weighted by atomic mass is 10.3. The summed E-state index contributed by atoms with van der Waals surface area (Å²) in [5.74, 6) is -0.606. The number of nitrogen functional groups attached to an aromatic ring is 1. The summed E-state index contributed by atoms with van der Waals surface area (Å²) in [6.45, 7) is 4.35. The Kier molecular flexibility index (Phi) is 15.9. The van der Waals surface area contributed by atoms with Crippen LogP contribution in [0.1, 0.15) is 37.9 Å². The Labute approximate surface area is 286 Å². The number of ketones is 1. The lowest BCUT2D eigenvalue weighted by Crippen LogP contribution is -2.26. The molecule has 0 aromatic carbocycles. The smallest absolute Gasteiger partial charge is 0.375 e. The van der Waals surface area contributed by atoms with E-state index in [2.05, 4.69) is 35.6 Å². The number of aromatic nitrogens is 5. The van der Waals surface area contributed by atoms with Gasteiger partial charge in [-0.1, -0.05) is 15.9 Å². The molecule has 5 rings (SSSR count). The summed E-state index contributed by atoms with van der Waals surface area (Å²) in [4.78, 5) is 69.8. The molecule has 0 saturated heterocycles. The number of thiazole rings is 3. The van der Waals surface area contributed by atoms with Gasteiger partial charge in [0.15, 0.2) is 27.1 Å². The fourth-order valence-corrected chi connectivity index (χ4v) is 7.28. The zero-order valence-corrected chi connectivity index (χ0v) is 30.3. The predicted molar refractivity (Wildman–Crippen MR) is 177 cm³/mol. The summed E-state index contributed by atoms with van der Waals surface area (Å²) >= 11 is 6.99. The van der Waals surface area contributed by atoms with Crippen molar-refractivity contribution in [1.82, 2.24) is 23.8 Å². The Bertz CT molecular complexity index is 1720. The number of aliphatic hydroxyl groups is 2. The molecule has 5 heterocycles. The number of Topliss-reactive ketones (excluding diaryl/α,β-unsaturated/α-hetero) is 1. The van der Waals surface area contributed by atoms with Crippen molar-refractivity contribution < 1.29 is 58.0 Å². The van der Waals surface area contributed by atoms with E-state index in [0.29, 0.717) is 24.0 Å². The molecular weight excluding hydrogens is 790 g/mol. The van der Waals surface area contributed by atoms with E-state index in [0.717, 1.165) is 22.5 Å². The molecule has 0 amide bonds. The minimum atomic E-state index is -5.54. The topological polar surface area (TPSA) is 282 Å². The minimum Gasteiger partial charge on any atom is -0.466 e. The Morgan fingerprint density at radius 1 is 0.979 bits per heavy atom. The van der Waals surface area contributed by atoms with Crippen LogP contribution in [-0.2, 0) is 33.3 Å². The molecule has 24 heteroatoms. The Hall–Kier alpha value is -2.43. The van der Waals surface area contributed by atoms with Gasteiger partial charge >= 0.3 is 26.2 Å². The van der Waals surface area contributed by atoms with Crippen molar-refractivity contribution in [2.75, 3.05) is 24.3 Å². The van der Waals surface area contributed by atoms with Gasteiger partial charge in [0.05, 0.1) is 11.9 Å². The molecule has 0 aliphatic rings. The van der Waals surface area contributed by atoms with Crippen LogP contribution in [0.15, 0.2) is 47.1 Å². The van der Waals surface area contributed by atoms with Gasteiger partial charge in [-0.3, -0.25) is 27.5 Å². The molecule has 260 valence electrons. The SMILES string of the molecule is CCOC(=O)CC(=O)CBr.CCOC(O)c1cn2ccsc2n1.Nc1nccs1.O=P(O)(O)C(O)(c1cn2ccsc2n1)P(=O)(O)O. The van der Waals surface area contributed by atoms with E-state index >= 15 is 0 Å². The molecule has 5 aromatic rings. The molecule has 47 heavy (non-hydrogen) atoms. The lowest BCUT2D eigenvalue weighted by Gasteiger charge is -2.27. The third-order valence-electron chi connectivity index (χ3n) is 5.19. The number of alkyl halides is 1. The Morgan fingerprint density at radius 3 is 1.96 bits per heavy atom. The summed E-state index contributed by atoms with van der Waals surface area (Å²) in [6.07, 6.45) is 6.75. The van der Waals surface area contributed by atoms with Gasteiger partial charge < -0.3 is 45.0 Å². The third-order valence-corrected chi connectivity index (χ3v) is 11.6. The highest BCUT2D eigenvalue weighted by molar-refractivity contribution is 9.09. The zero-order chi connectivity index (χ0) is 35.4. The van der Waals surface area contributed by atoms with E-state index in [9.17, 15) is 28.9 Å². The lowest BCUT2D eigenvalue weighted by molar-refractivity contribution is -0.145.